The summed E-state index contributed by atoms with van der Waals surface area (Å²) in [7, 11) is 0. The topological polar surface area (TPSA) is 64.3 Å². The number of carbonyl (C=O) groups excluding carboxylic acids is 1. The van der Waals surface area contributed by atoms with E-state index in [0.717, 1.165) is 19.4 Å². The van der Waals surface area contributed by atoms with Crippen LogP contribution < -0.4 is 11.1 Å². The van der Waals surface area contributed by atoms with Crippen LogP contribution in [0.4, 0.5) is 0 Å². The van der Waals surface area contributed by atoms with Gasteiger partial charge in [-0.2, -0.15) is 0 Å². The lowest BCUT2D eigenvalue weighted by atomic mass is 10.1. The van der Waals surface area contributed by atoms with Crippen LogP contribution in [-0.4, -0.2) is 30.7 Å². The SMILES string of the molecule is CCCCOCCNC(=O)c1cccc(C(N)=S)c1. The fourth-order valence-electron chi connectivity index (χ4n) is 1.50. The molecule has 0 aliphatic rings. The first-order valence-corrected chi connectivity index (χ1v) is 6.81. The average molecular weight is 280 g/mol. The average Bonchev–Trinajstić information content (AvgIpc) is 2.42. The third-order valence-corrected chi connectivity index (χ3v) is 2.82. The molecule has 0 heterocycles. The summed E-state index contributed by atoms with van der Waals surface area (Å²) in [5.41, 5.74) is 6.78. The minimum atomic E-state index is -0.141. The zero-order chi connectivity index (χ0) is 14.1. The minimum absolute atomic E-state index is 0.141. The summed E-state index contributed by atoms with van der Waals surface area (Å²) in [6.07, 6.45) is 2.15. The van der Waals surface area contributed by atoms with Crippen molar-refractivity contribution in [2.24, 2.45) is 5.73 Å². The van der Waals surface area contributed by atoms with E-state index < -0.39 is 0 Å². The fourth-order valence-corrected chi connectivity index (χ4v) is 1.63. The zero-order valence-electron chi connectivity index (χ0n) is 11.1. The van der Waals surface area contributed by atoms with Crippen LogP contribution >= 0.6 is 12.2 Å². The van der Waals surface area contributed by atoms with E-state index in [9.17, 15) is 4.79 Å². The van der Waals surface area contributed by atoms with Gasteiger partial charge in [-0.05, 0) is 18.6 Å². The highest BCUT2D eigenvalue weighted by Crippen LogP contribution is 2.05. The van der Waals surface area contributed by atoms with Crippen LogP contribution in [0.2, 0.25) is 0 Å². The smallest absolute Gasteiger partial charge is 0.251 e. The Bertz CT molecular complexity index is 435. The van der Waals surface area contributed by atoms with E-state index in [-0.39, 0.29) is 10.9 Å². The lowest BCUT2D eigenvalue weighted by molar-refractivity contribution is 0.0913. The van der Waals surface area contributed by atoms with Gasteiger partial charge >= 0.3 is 0 Å². The highest BCUT2D eigenvalue weighted by Gasteiger charge is 2.06. The number of hydrogen-bond acceptors (Lipinski definition) is 3. The van der Waals surface area contributed by atoms with Gasteiger partial charge in [0.1, 0.15) is 4.99 Å². The second kappa shape index (κ2) is 8.61. The molecule has 0 unspecified atom stereocenters. The van der Waals surface area contributed by atoms with Gasteiger partial charge in [0.15, 0.2) is 0 Å². The van der Waals surface area contributed by atoms with E-state index >= 15 is 0 Å². The summed E-state index contributed by atoms with van der Waals surface area (Å²) in [5, 5.41) is 2.79. The van der Waals surface area contributed by atoms with Crippen molar-refractivity contribution in [2.75, 3.05) is 19.8 Å². The Balaban J connectivity index is 2.37. The molecule has 4 nitrogen and oxygen atoms in total. The van der Waals surface area contributed by atoms with Gasteiger partial charge in [-0.15, -0.1) is 0 Å². The molecule has 0 spiro atoms. The van der Waals surface area contributed by atoms with Gasteiger partial charge in [0.25, 0.3) is 5.91 Å². The van der Waals surface area contributed by atoms with Crippen molar-refractivity contribution >= 4 is 23.1 Å². The second-order valence-corrected chi connectivity index (χ2v) is 4.61. The Hall–Kier alpha value is -1.46. The second-order valence-electron chi connectivity index (χ2n) is 4.17. The largest absolute Gasteiger partial charge is 0.389 e. The number of rotatable bonds is 8. The molecule has 0 radical (unpaired) electrons. The maximum Gasteiger partial charge on any atom is 0.251 e. The normalized spacial score (nSPS) is 10.2. The van der Waals surface area contributed by atoms with Crippen molar-refractivity contribution in [1.29, 1.82) is 0 Å². The van der Waals surface area contributed by atoms with Gasteiger partial charge in [-0.25, -0.2) is 0 Å². The van der Waals surface area contributed by atoms with E-state index in [4.69, 9.17) is 22.7 Å². The van der Waals surface area contributed by atoms with Crippen molar-refractivity contribution < 1.29 is 9.53 Å². The van der Waals surface area contributed by atoms with Gasteiger partial charge in [-0.3, -0.25) is 4.79 Å². The minimum Gasteiger partial charge on any atom is -0.389 e. The third kappa shape index (κ3) is 5.81. The first kappa shape index (κ1) is 15.6. The number of ether oxygens (including phenoxy) is 1. The lowest BCUT2D eigenvalue weighted by Crippen LogP contribution is -2.27. The molecule has 0 bridgehead atoms. The molecule has 0 aromatic heterocycles. The quantitative estimate of drug-likeness (QED) is 0.563. The maximum absolute atomic E-state index is 11.9. The molecule has 1 rings (SSSR count). The van der Waals surface area contributed by atoms with Crippen molar-refractivity contribution in [3.05, 3.63) is 35.4 Å². The molecule has 104 valence electrons. The number of amides is 1. The Morgan fingerprint density at radius 2 is 2.11 bits per heavy atom. The van der Waals surface area contributed by atoms with Gasteiger partial charge in [0.2, 0.25) is 0 Å². The first-order chi connectivity index (χ1) is 9.15. The third-order valence-electron chi connectivity index (χ3n) is 2.58. The standard InChI is InChI=1S/C14H20N2O2S/c1-2-3-8-18-9-7-16-14(17)12-6-4-5-11(10-12)13(15)19/h4-6,10H,2-3,7-9H2,1H3,(H2,15,19)(H,16,17). The highest BCUT2D eigenvalue weighted by molar-refractivity contribution is 7.80. The number of hydrogen-bond donors (Lipinski definition) is 2. The van der Waals surface area contributed by atoms with E-state index in [2.05, 4.69) is 12.2 Å². The molecule has 0 aliphatic heterocycles. The monoisotopic (exact) mass is 280 g/mol. The first-order valence-electron chi connectivity index (χ1n) is 6.41. The van der Waals surface area contributed by atoms with E-state index in [1.807, 2.05) is 0 Å². The summed E-state index contributed by atoms with van der Waals surface area (Å²) in [4.78, 5) is 12.1. The Morgan fingerprint density at radius 3 is 2.79 bits per heavy atom. The summed E-state index contributed by atoms with van der Waals surface area (Å²) >= 11 is 4.88. The predicted octanol–water partition coefficient (Wildman–Crippen LogP) is 1.87. The molecule has 19 heavy (non-hydrogen) atoms. The summed E-state index contributed by atoms with van der Waals surface area (Å²) in [6, 6.07) is 6.97. The predicted molar refractivity (Wildman–Crippen MR) is 80.4 cm³/mol. The molecule has 0 atom stereocenters. The maximum atomic E-state index is 11.9. The number of nitrogens with two attached hydrogens (primary N) is 1. The molecule has 0 saturated heterocycles. The summed E-state index contributed by atoms with van der Waals surface area (Å²) < 4.78 is 5.37. The van der Waals surface area contributed by atoms with Crippen molar-refractivity contribution in [3.8, 4) is 0 Å². The number of benzene rings is 1. The fraction of sp³-hybridized carbons (Fsp3) is 0.429. The van der Waals surface area contributed by atoms with Gasteiger partial charge in [-0.1, -0.05) is 37.7 Å². The van der Waals surface area contributed by atoms with Crippen LogP contribution in [-0.2, 0) is 4.74 Å². The molecular formula is C14H20N2O2S. The van der Waals surface area contributed by atoms with Gasteiger partial charge < -0.3 is 15.8 Å². The Labute approximate surface area is 119 Å². The molecule has 3 N–H and O–H groups in total. The van der Waals surface area contributed by atoms with Crippen LogP contribution in [0.5, 0.6) is 0 Å². The molecule has 0 aliphatic carbocycles. The molecule has 5 heteroatoms. The Kier molecular flexibility index (Phi) is 7.07. The number of carbonyl (C=O) groups is 1. The van der Waals surface area contributed by atoms with E-state index in [1.165, 1.54) is 0 Å². The molecule has 1 amide bonds. The summed E-state index contributed by atoms with van der Waals surface area (Å²) in [5.74, 6) is -0.141. The number of thiocarbonyl (C=S) groups is 1. The van der Waals surface area contributed by atoms with Crippen molar-refractivity contribution in [3.63, 3.8) is 0 Å². The van der Waals surface area contributed by atoms with Crippen LogP contribution in [0.25, 0.3) is 0 Å². The van der Waals surface area contributed by atoms with Crippen LogP contribution in [0.1, 0.15) is 35.7 Å². The molecule has 0 fully saturated rings. The summed E-state index contributed by atoms with van der Waals surface area (Å²) in [6.45, 7) is 3.88. The van der Waals surface area contributed by atoms with E-state index in [0.29, 0.717) is 24.3 Å². The molecule has 0 saturated carbocycles. The molecule has 1 aromatic carbocycles. The van der Waals surface area contributed by atoms with Gasteiger partial charge in [0, 0.05) is 24.3 Å². The number of unbranched alkanes of at least 4 members (excludes halogenated alkanes) is 1. The lowest BCUT2D eigenvalue weighted by Gasteiger charge is -2.07. The molecule has 1 aromatic rings. The molecular weight excluding hydrogens is 260 g/mol. The highest BCUT2D eigenvalue weighted by atomic mass is 32.1. The van der Waals surface area contributed by atoms with E-state index in [1.54, 1.807) is 24.3 Å². The zero-order valence-corrected chi connectivity index (χ0v) is 12.0. The number of nitrogens with one attached hydrogen (secondary N) is 1. The van der Waals surface area contributed by atoms with Crippen LogP contribution in [0.3, 0.4) is 0 Å². The van der Waals surface area contributed by atoms with Gasteiger partial charge in [0.05, 0.1) is 6.61 Å². The van der Waals surface area contributed by atoms with Crippen molar-refractivity contribution in [1.82, 2.24) is 5.32 Å². The van der Waals surface area contributed by atoms with Crippen LogP contribution in [0.15, 0.2) is 24.3 Å². The Morgan fingerprint density at radius 1 is 1.37 bits per heavy atom. The van der Waals surface area contributed by atoms with Crippen molar-refractivity contribution in [2.45, 2.75) is 19.8 Å². The van der Waals surface area contributed by atoms with Crippen LogP contribution in [0, 0.1) is 0 Å².